The van der Waals surface area contributed by atoms with Gasteiger partial charge in [-0.3, -0.25) is 4.90 Å². The molecule has 0 aliphatic heterocycles. The van der Waals surface area contributed by atoms with Crippen LogP contribution in [0.2, 0.25) is 10.0 Å². The molecule has 2 aromatic rings. The van der Waals surface area contributed by atoms with Gasteiger partial charge in [0, 0.05) is 23.0 Å². The summed E-state index contributed by atoms with van der Waals surface area (Å²) >= 11 is 12.1. The summed E-state index contributed by atoms with van der Waals surface area (Å²) in [5, 5.41) is 9.10. The molecule has 0 aliphatic rings. The molecule has 0 bridgehead atoms. The van der Waals surface area contributed by atoms with E-state index in [0.29, 0.717) is 28.4 Å². The van der Waals surface area contributed by atoms with Crippen molar-refractivity contribution in [1.29, 1.82) is 0 Å². The number of benzene rings is 1. The van der Waals surface area contributed by atoms with Gasteiger partial charge in [0.05, 0.1) is 6.54 Å². The molecule has 0 saturated heterocycles. The lowest BCUT2D eigenvalue weighted by Gasteiger charge is -2.24. The highest BCUT2D eigenvalue weighted by atomic mass is 35.5. The maximum Gasteiger partial charge on any atom is 0.230 e. The van der Waals surface area contributed by atoms with Crippen LogP contribution in [0.1, 0.15) is 30.3 Å². The molecule has 0 radical (unpaired) electrons. The Hall–Kier alpha value is -1.10. The second kappa shape index (κ2) is 5.90. The zero-order valence-corrected chi connectivity index (χ0v) is 12.5. The molecule has 0 saturated carbocycles. The number of hydrogen-bond donors (Lipinski definition) is 0. The summed E-state index contributed by atoms with van der Waals surface area (Å²) in [6.45, 7) is 4.41. The van der Waals surface area contributed by atoms with Crippen molar-refractivity contribution in [2.45, 2.75) is 26.4 Å². The van der Waals surface area contributed by atoms with E-state index in [9.17, 15) is 0 Å². The van der Waals surface area contributed by atoms with Crippen molar-refractivity contribution in [2.24, 2.45) is 0 Å². The third kappa shape index (κ3) is 3.47. The third-order valence-electron chi connectivity index (χ3n) is 3.03. The first-order chi connectivity index (χ1) is 8.97. The molecule has 0 fully saturated rings. The van der Waals surface area contributed by atoms with Crippen molar-refractivity contribution >= 4 is 23.2 Å². The van der Waals surface area contributed by atoms with Crippen LogP contribution in [0, 0.1) is 6.92 Å². The van der Waals surface area contributed by atoms with E-state index in [1.807, 2.05) is 19.2 Å². The van der Waals surface area contributed by atoms with Gasteiger partial charge in [0.1, 0.15) is 0 Å². The van der Waals surface area contributed by atoms with Gasteiger partial charge in [0.15, 0.2) is 0 Å². The highest BCUT2D eigenvalue weighted by Crippen LogP contribution is 2.29. The van der Waals surface area contributed by atoms with E-state index < -0.39 is 0 Å². The first-order valence-electron chi connectivity index (χ1n) is 5.91. The summed E-state index contributed by atoms with van der Waals surface area (Å²) in [6.07, 6.45) is 0. The molecule has 0 unspecified atom stereocenters. The molecule has 4 nitrogen and oxygen atoms in total. The average molecular weight is 300 g/mol. The molecule has 19 heavy (non-hydrogen) atoms. The van der Waals surface area contributed by atoms with E-state index in [0.717, 1.165) is 5.56 Å². The minimum Gasteiger partial charge on any atom is -0.424 e. The fraction of sp³-hybridized carbons (Fsp3) is 0.385. The van der Waals surface area contributed by atoms with E-state index in [-0.39, 0.29) is 6.04 Å². The molecule has 102 valence electrons. The van der Waals surface area contributed by atoms with Gasteiger partial charge in [-0.25, -0.2) is 0 Å². The Balaban J connectivity index is 2.12. The number of halogens is 2. The van der Waals surface area contributed by atoms with Crippen LogP contribution in [0.4, 0.5) is 0 Å². The van der Waals surface area contributed by atoms with Gasteiger partial charge in [0.25, 0.3) is 0 Å². The minimum absolute atomic E-state index is 0.122. The van der Waals surface area contributed by atoms with Crippen molar-refractivity contribution < 1.29 is 4.42 Å². The SMILES string of the molecule is Cc1nnc(CN(C)[C@H](C)c2ccc(Cl)cc2Cl)o1. The molecular weight excluding hydrogens is 285 g/mol. The predicted molar refractivity (Wildman–Crippen MR) is 75.4 cm³/mol. The van der Waals surface area contributed by atoms with Gasteiger partial charge in [0.2, 0.25) is 11.8 Å². The molecule has 0 N–H and O–H groups in total. The standard InChI is InChI=1S/C13H15Cl2N3O/c1-8(11-5-4-10(14)6-12(11)15)18(3)7-13-17-16-9(2)19-13/h4-6,8H,7H2,1-3H3/t8-/m1/s1. The van der Waals surface area contributed by atoms with Gasteiger partial charge in [-0.1, -0.05) is 29.3 Å². The summed E-state index contributed by atoms with van der Waals surface area (Å²) in [5.41, 5.74) is 1.02. The van der Waals surface area contributed by atoms with Crippen LogP contribution in [0.15, 0.2) is 22.6 Å². The van der Waals surface area contributed by atoms with E-state index in [4.69, 9.17) is 27.6 Å². The van der Waals surface area contributed by atoms with Gasteiger partial charge in [-0.2, -0.15) is 0 Å². The van der Waals surface area contributed by atoms with E-state index in [1.54, 1.807) is 13.0 Å². The van der Waals surface area contributed by atoms with Crippen LogP contribution in [0.5, 0.6) is 0 Å². The predicted octanol–water partition coefficient (Wildman–Crippen LogP) is 3.88. The van der Waals surface area contributed by atoms with Crippen molar-refractivity contribution in [3.05, 3.63) is 45.6 Å². The zero-order valence-electron chi connectivity index (χ0n) is 11.0. The Bertz CT molecular complexity index is 571. The number of hydrogen-bond acceptors (Lipinski definition) is 4. The first-order valence-corrected chi connectivity index (χ1v) is 6.67. The molecule has 1 atom stereocenters. The molecule has 1 aromatic heterocycles. The van der Waals surface area contributed by atoms with Crippen LogP contribution in [0.3, 0.4) is 0 Å². The van der Waals surface area contributed by atoms with Gasteiger partial charge < -0.3 is 4.42 Å². The average Bonchev–Trinajstić information content (AvgIpc) is 2.74. The number of aryl methyl sites for hydroxylation is 1. The molecular formula is C13H15Cl2N3O. The Morgan fingerprint density at radius 1 is 1.32 bits per heavy atom. The van der Waals surface area contributed by atoms with Crippen LogP contribution in [-0.4, -0.2) is 22.1 Å². The third-order valence-corrected chi connectivity index (χ3v) is 3.59. The van der Waals surface area contributed by atoms with Crippen molar-refractivity contribution in [3.8, 4) is 0 Å². The van der Waals surface area contributed by atoms with Crippen molar-refractivity contribution in [1.82, 2.24) is 15.1 Å². The summed E-state index contributed by atoms with van der Waals surface area (Å²) < 4.78 is 5.37. The highest BCUT2D eigenvalue weighted by Gasteiger charge is 2.17. The zero-order chi connectivity index (χ0) is 14.0. The molecule has 6 heteroatoms. The quantitative estimate of drug-likeness (QED) is 0.859. The second-order valence-corrected chi connectivity index (χ2v) is 5.32. The first kappa shape index (κ1) is 14.3. The minimum atomic E-state index is 0.122. The van der Waals surface area contributed by atoms with Crippen LogP contribution in [0.25, 0.3) is 0 Å². The second-order valence-electron chi connectivity index (χ2n) is 4.47. The lowest BCUT2D eigenvalue weighted by Crippen LogP contribution is -2.22. The monoisotopic (exact) mass is 299 g/mol. The van der Waals surface area contributed by atoms with E-state index in [2.05, 4.69) is 22.0 Å². The molecule has 0 amide bonds. The van der Waals surface area contributed by atoms with Crippen LogP contribution >= 0.6 is 23.2 Å². The maximum atomic E-state index is 6.21. The largest absolute Gasteiger partial charge is 0.424 e. The molecule has 1 aromatic carbocycles. The number of aromatic nitrogens is 2. The van der Waals surface area contributed by atoms with Crippen molar-refractivity contribution in [2.75, 3.05) is 7.05 Å². The fourth-order valence-corrected chi connectivity index (χ4v) is 2.40. The van der Waals surface area contributed by atoms with Crippen LogP contribution in [-0.2, 0) is 6.54 Å². The van der Waals surface area contributed by atoms with Gasteiger partial charge >= 0.3 is 0 Å². The van der Waals surface area contributed by atoms with E-state index in [1.165, 1.54) is 0 Å². The van der Waals surface area contributed by atoms with Gasteiger partial charge in [-0.05, 0) is 31.7 Å². The topological polar surface area (TPSA) is 42.2 Å². The smallest absolute Gasteiger partial charge is 0.230 e. The summed E-state index contributed by atoms with van der Waals surface area (Å²) in [4.78, 5) is 2.09. The van der Waals surface area contributed by atoms with E-state index >= 15 is 0 Å². The summed E-state index contributed by atoms with van der Waals surface area (Å²) in [5.74, 6) is 1.16. The number of nitrogens with zero attached hydrogens (tertiary/aromatic N) is 3. The highest BCUT2D eigenvalue weighted by molar-refractivity contribution is 6.35. The molecule has 2 rings (SSSR count). The molecule has 0 aliphatic carbocycles. The Kier molecular flexibility index (Phi) is 4.45. The Morgan fingerprint density at radius 2 is 2.05 bits per heavy atom. The van der Waals surface area contributed by atoms with Gasteiger partial charge in [-0.15, -0.1) is 10.2 Å². The summed E-state index contributed by atoms with van der Waals surface area (Å²) in [6, 6.07) is 5.64. The lowest BCUT2D eigenvalue weighted by molar-refractivity contribution is 0.226. The summed E-state index contributed by atoms with van der Waals surface area (Å²) in [7, 11) is 1.98. The molecule has 0 spiro atoms. The lowest BCUT2D eigenvalue weighted by atomic mass is 10.1. The normalized spacial score (nSPS) is 12.9. The Labute approximate surface area is 122 Å². The van der Waals surface area contributed by atoms with Crippen molar-refractivity contribution in [3.63, 3.8) is 0 Å². The maximum absolute atomic E-state index is 6.21. The Morgan fingerprint density at radius 3 is 2.63 bits per heavy atom. The van der Waals surface area contributed by atoms with Crippen LogP contribution < -0.4 is 0 Å². The molecule has 1 heterocycles. The fourth-order valence-electron chi connectivity index (χ4n) is 1.83. The number of rotatable bonds is 4.